The highest BCUT2D eigenvalue weighted by atomic mass is 16.5. The molecule has 18 heavy (non-hydrogen) atoms. The number of rotatable bonds is 5. The van der Waals surface area contributed by atoms with Crippen LogP contribution in [0.25, 0.3) is 10.9 Å². The predicted octanol–water partition coefficient (Wildman–Crippen LogP) is 2.67. The Hall–Kier alpha value is -1.45. The summed E-state index contributed by atoms with van der Waals surface area (Å²) in [5.41, 5.74) is 3.39. The highest BCUT2D eigenvalue weighted by molar-refractivity contribution is 5.79. The molecule has 0 spiro atoms. The first-order chi connectivity index (χ1) is 8.69. The van der Waals surface area contributed by atoms with Crippen LogP contribution < -0.4 is 5.32 Å². The smallest absolute Gasteiger partial charge is 0.0705 e. The molecule has 1 heterocycles. The lowest BCUT2D eigenvalue weighted by molar-refractivity contribution is 0.171. The third-order valence-corrected chi connectivity index (χ3v) is 2.96. The standard InChI is InChI=1S/C15H20N2O/c1-11-4-6-14-8-13(5-7-15(14)17-11)9-16-12(2)10-18-3/h4-8,12,16H,9-10H2,1-3H3. The van der Waals surface area contributed by atoms with E-state index < -0.39 is 0 Å². The van der Waals surface area contributed by atoms with E-state index in [1.807, 2.05) is 13.0 Å². The minimum atomic E-state index is 0.363. The van der Waals surface area contributed by atoms with Crippen LogP contribution >= 0.6 is 0 Å². The van der Waals surface area contributed by atoms with Crippen molar-refractivity contribution in [3.05, 3.63) is 41.6 Å². The summed E-state index contributed by atoms with van der Waals surface area (Å²) in [5.74, 6) is 0. The topological polar surface area (TPSA) is 34.1 Å². The molecule has 0 saturated carbocycles. The number of nitrogens with zero attached hydrogens (tertiary/aromatic N) is 1. The van der Waals surface area contributed by atoms with Gasteiger partial charge < -0.3 is 10.1 Å². The number of methoxy groups -OCH3 is 1. The average Bonchev–Trinajstić information content (AvgIpc) is 2.36. The van der Waals surface area contributed by atoms with Crippen LogP contribution in [0.3, 0.4) is 0 Å². The molecule has 96 valence electrons. The molecular formula is C15H20N2O. The summed E-state index contributed by atoms with van der Waals surface area (Å²) in [7, 11) is 1.72. The second-order valence-electron chi connectivity index (χ2n) is 4.72. The summed E-state index contributed by atoms with van der Waals surface area (Å²) in [6, 6.07) is 10.9. The number of nitrogens with one attached hydrogen (secondary N) is 1. The van der Waals surface area contributed by atoms with E-state index in [0.29, 0.717) is 6.04 Å². The molecule has 1 N–H and O–H groups in total. The van der Waals surface area contributed by atoms with Crippen LogP contribution in [0.15, 0.2) is 30.3 Å². The van der Waals surface area contributed by atoms with Crippen molar-refractivity contribution in [1.82, 2.24) is 10.3 Å². The van der Waals surface area contributed by atoms with Crippen LogP contribution in [0, 0.1) is 6.92 Å². The van der Waals surface area contributed by atoms with Crippen molar-refractivity contribution in [2.75, 3.05) is 13.7 Å². The third-order valence-electron chi connectivity index (χ3n) is 2.96. The number of ether oxygens (including phenoxy) is 1. The SMILES string of the molecule is COCC(C)NCc1ccc2nc(C)ccc2c1. The number of aromatic nitrogens is 1. The second-order valence-corrected chi connectivity index (χ2v) is 4.72. The van der Waals surface area contributed by atoms with Crippen molar-refractivity contribution in [3.8, 4) is 0 Å². The van der Waals surface area contributed by atoms with Crippen LogP contribution in [-0.4, -0.2) is 24.7 Å². The molecule has 0 aliphatic heterocycles. The van der Waals surface area contributed by atoms with Crippen LogP contribution in [0.1, 0.15) is 18.2 Å². The van der Waals surface area contributed by atoms with E-state index in [1.165, 1.54) is 10.9 Å². The first-order valence-corrected chi connectivity index (χ1v) is 6.27. The van der Waals surface area contributed by atoms with Gasteiger partial charge in [-0.25, -0.2) is 0 Å². The van der Waals surface area contributed by atoms with Crippen LogP contribution in [0.4, 0.5) is 0 Å². The maximum atomic E-state index is 5.10. The fourth-order valence-electron chi connectivity index (χ4n) is 1.99. The molecule has 1 atom stereocenters. The Morgan fingerprint density at radius 1 is 1.28 bits per heavy atom. The number of hydrogen-bond donors (Lipinski definition) is 1. The Kier molecular flexibility index (Phi) is 4.28. The van der Waals surface area contributed by atoms with Crippen LogP contribution in [-0.2, 0) is 11.3 Å². The summed E-state index contributed by atoms with van der Waals surface area (Å²) in [4.78, 5) is 4.50. The third kappa shape index (κ3) is 3.28. The van der Waals surface area contributed by atoms with Crippen molar-refractivity contribution in [3.63, 3.8) is 0 Å². The maximum absolute atomic E-state index is 5.10. The van der Waals surface area contributed by atoms with E-state index in [1.54, 1.807) is 7.11 Å². The zero-order valence-corrected chi connectivity index (χ0v) is 11.2. The summed E-state index contributed by atoms with van der Waals surface area (Å²) >= 11 is 0. The Balaban J connectivity index is 2.08. The molecular weight excluding hydrogens is 224 g/mol. The van der Waals surface area contributed by atoms with E-state index in [9.17, 15) is 0 Å². The van der Waals surface area contributed by atoms with E-state index in [-0.39, 0.29) is 0 Å². The number of hydrogen-bond acceptors (Lipinski definition) is 3. The van der Waals surface area contributed by atoms with Gasteiger partial charge in [0.05, 0.1) is 12.1 Å². The average molecular weight is 244 g/mol. The molecule has 1 unspecified atom stereocenters. The Bertz CT molecular complexity index is 525. The summed E-state index contributed by atoms with van der Waals surface area (Å²) in [6.07, 6.45) is 0. The van der Waals surface area contributed by atoms with E-state index in [4.69, 9.17) is 4.74 Å². The Labute approximate surface area is 108 Å². The van der Waals surface area contributed by atoms with Gasteiger partial charge in [0, 0.05) is 30.8 Å². The zero-order chi connectivity index (χ0) is 13.0. The molecule has 0 bridgehead atoms. The first-order valence-electron chi connectivity index (χ1n) is 6.27. The van der Waals surface area contributed by atoms with Gasteiger partial charge in [0.25, 0.3) is 0 Å². The van der Waals surface area contributed by atoms with Crippen molar-refractivity contribution in [2.45, 2.75) is 26.4 Å². The minimum Gasteiger partial charge on any atom is -0.383 e. The number of fused-ring (bicyclic) bond motifs is 1. The largest absolute Gasteiger partial charge is 0.383 e. The van der Waals surface area contributed by atoms with Gasteiger partial charge in [-0.1, -0.05) is 12.1 Å². The number of aryl methyl sites for hydroxylation is 1. The van der Waals surface area contributed by atoms with Crippen LogP contribution in [0.2, 0.25) is 0 Å². The molecule has 0 saturated heterocycles. The Morgan fingerprint density at radius 3 is 2.89 bits per heavy atom. The first kappa shape index (κ1) is 13.0. The minimum absolute atomic E-state index is 0.363. The summed E-state index contributed by atoms with van der Waals surface area (Å²) in [6.45, 7) is 5.72. The van der Waals surface area contributed by atoms with Gasteiger partial charge in [0.1, 0.15) is 0 Å². The van der Waals surface area contributed by atoms with Crippen molar-refractivity contribution < 1.29 is 4.74 Å². The molecule has 2 rings (SSSR count). The van der Waals surface area contributed by atoms with Crippen molar-refractivity contribution in [1.29, 1.82) is 0 Å². The van der Waals surface area contributed by atoms with Gasteiger partial charge in [0.15, 0.2) is 0 Å². The summed E-state index contributed by atoms with van der Waals surface area (Å²) < 4.78 is 5.10. The van der Waals surface area contributed by atoms with Gasteiger partial charge in [-0.2, -0.15) is 0 Å². The second kappa shape index (κ2) is 5.94. The lowest BCUT2D eigenvalue weighted by Crippen LogP contribution is -2.29. The quantitative estimate of drug-likeness (QED) is 0.878. The normalized spacial score (nSPS) is 12.8. The van der Waals surface area contributed by atoms with Crippen molar-refractivity contribution in [2.24, 2.45) is 0 Å². The molecule has 1 aromatic carbocycles. The van der Waals surface area contributed by atoms with Crippen molar-refractivity contribution >= 4 is 10.9 Å². The Morgan fingerprint density at radius 2 is 2.11 bits per heavy atom. The molecule has 0 aliphatic rings. The highest BCUT2D eigenvalue weighted by Gasteiger charge is 2.02. The molecule has 0 fully saturated rings. The van der Waals surface area contributed by atoms with E-state index >= 15 is 0 Å². The van der Waals surface area contributed by atoms with Crippen LogP contribution in [0.5, 0.6) is 0 Å². The number of pyridine rings is 1. The monoisotopic (exact) mass is 244 g/mol. The molecule has 3 nitrogen and oxygen atoms in total. The lowest BCUT2D eigenvalue weighted by atomic mass is 10.1. The van der Waals surface area contributed by atoms with E-state index in [2.05, 4.69) is 41.5 Å². The zero-order valence-electron chi connectivity index (χ0n) is 11.2. The highest BCUT2D eigenvalue weighted by Crippen LogP contribution is 2.14. The fourth-order valence-corrected chi connectivity index (χ4v) is 1.99. The fraction of sp³-hybridized carbons (Fsp3) is 0.400. The number of benzene rings is 1. The van der Waals surface area contributed by atoms with E-state index in [0.717, 1.165) is 24.4 Å². The summed E-state index contributed by atoms with van der Waals surface area (Å²) in [5, 5.41) is 4.62. The lowest BCUT2D eigenvalue weighted by Gasteiger charge is -2.12. The van der Waals surface area contributed by atoms with Gasteiger partial charge >= 0.3 is 0 Å². The van der Waals surface area contributed by atoms with Gasteiger partial charge in [-0.3, -0.25) is 4.98 Å². The van der Waals surface area contributed by atoms with Gasteiger partial charge in [-0.05, 0) is 37.6 Å². The molecule has 0 radical (unpaired) electrons. The molecule has 0 aliphatic carbocycles. The van der Waals surface area contributed by atoms with Gasteiger partial charge in [0.2, 0.25) is 0 Å². The molecule has 0 amide bonds. The molecule has 3 heteroatoms. The molecule has 1 aromatic heterocycles. The maximum Gasteiger partial charge on any atom is 0.0705 e. The molecule has 2 aromatic rings. The predicted molar refractivity (Wildman–Crippen MR) is 74.7 cm³/mol. The van der Waals surface area contributed by atoms with Gasteiger partial charge in [-0.15, -0.1) is 0 Å².